The number of carbonyl (C=O) groups excluding carboxylic acids is 5. The van der Waals surface area contributed by atoms with Crippen LogP contribution in [0.25, 0.3) is 11.1 Å². The van der Waals surface area contributed by atoms with E-state index in [0.717, 1.165) is 19.5 Å². The number of aryl methyl sites for hydroxylation is 1. The van der Waals surface area contributed by atoms with E-state index in [-0.39, 0.29) is 43.8 Å². The number of hydrogen-bond donors (Lipinski definition) is 7. The SMILES string of the molecule is CCCC.CCCN.CCN.CCSNC(=O)CNC(=O)C(CC(C)C)NC(=O)CNC(=O)CNC(=O)CC.Cc1ccc(-c2ccccc2)cc1. The van der Waals surface area contributed by atoms with Gasteiger partial charge in [0.2, 0.25) is 29.5 Å². The van der Waals surface area contributed by atoms with Gasteiger partial charge < -0.3 is 32.7 Å². The zero-order chi connectivity index (χ0) is 40.2. The maximum Gasteiger partial charge on any atom is 0.249 e. The van der Waals surface area contributed by atoms with Crippen molar-refractivity contribution in [2.24, 2.45) is 17.4 Å². The van der Waals surface area contributed by atoms with E-state index in [1.807, 2.05) is 33.8 Å². The van der Waals surface area contributed by atoms with Gasteiger partial charge in [0, 0.05) is 12.2 Å². The largest absolute Gasteiger partial charge is 0.347 e. The molecule has 13 heteroatoms. The second kappa shape index (κ2) is 36.8. The normalized spacial score (nSPS) is 10.1. The predicted octanol–water partition coefficient (Wildman–Crippen LogP) is 4.85. The molecule has 0 aromatic heterocycles. The minimum absolute atomic E-state index is 0.124. The second-order valence-corrected chi connectivity index (χ2v) is 12.8. The Kier molecular flexibility index (Phi) is 37.1. The van der Waals surface area contributed by atoms with Crippen LogP contribution in [-0.2, 0) is 24.0 Å². The topological polar surface area (TPSA) is 198 Å². The highest BCUT2D eigenvalue weighted by Crippen LogP contribution is 2.18. The summed E-state index contributed by atoms with van der Waals surface area (Å²) in [7, 11) is 0. The first-order valence-corrected chi connectivity index (χ1v) is 19.3. The Balaban J connectivity index is -0.000000808. The number of nitrogens with one attached hydrogen (secondary N) is 5. The highest BCUT2D eigenvalue weighted by atomic mass is 32.2. The van der Waals surface area contributed by atoms with Crippen LogP contribution in [0.1, 0.15) is 93.1 Å². The number of rotatable bonds is 16. The highest BCUT2D eigenvalue weighted by Gasteiger charge is 2.22. The third-order valence-electron chi connectivity index (χ3n) is 6.27. The van der Waals surface area contributed by atoms with E-state index >= 15 is 0 Å². The summed E-state index contributed by atoms with van der Waals surface area (Å²) in [4.78, 5) is 58.6. The maximum atomic E-state index is 12.3. The van der Waals surface area contributed by atoms with Crippen LogP contribution in [0.5, 0.6) is 0 Å². The van der Waals surface area contributed by atoms with Crippen LogP contribution in [0.15, 0.2) is 54.6 Å². The van der Waals surface area contributed by atoms with Crippen LogP contribution in [0.2, 0.25) is 0 Å². The Hall–Kier alpha value is -3.94. The monoisotopic (exact) mass is 748 g/mol. The second-order valence-electron chi connectivity index (χ2n) is 11.8. The molecule has 2 aromatic rings. The van der Waals surface area contributed by atoms with Crippen LogP contribution < -0.4 is 37.5 Å². The van der Waals surface area contributed by atoms with Crippen molar-refractivity contribution in [3.8, 4) is 11.1 Å². The molecular weight excluding hydrogens is 679 g/mol. The van der Waals surface area contributed by atoms with Crippen molar-refractivity contribution in [1.82, 2.24) is 26.0 Å². The lowest BCUT2D eigenvalue weighted by Crippen LogP contribution is -2.51. The van der Waals surface area contributed by atoms with Crippen molar-refractivity contribution in [3.05, 3.63) is 60.2 Å². The van der Waals surface area contributed by atoms with Gasteiger partial charge in [0.1, 0.15) is 6.04 Å². The molecule has 2 rings (SSSR count). The minimum atomic E-state index is -0.823. The number of nitrogens with two attached hydrogens (primary N) is 2. The molecule has 0 aliphatic carbocycles. The Morgan fingerprint density at radius 3 is 1.60 bits per heavy atom. The number of benzene rings is 2. The van der Waals surface area contributed by atoms with Crippen LogP contribution >= 0.6 is 11.9 Å². The molecule has 12 nitrogen and oxygen atoms in total. The average molecular weight is 748 g/mol. The smallest absolute Gasteiger partial charge is 0.249 e. The molecule has 296 valence electrons. The quantitative estimate of drug-likeness (QED) is 0.118. The molecule has 0 saturated heterocycles. The standard InChI is InChI=1S/C17H31N5O5S.C13H12.C4H10.C3H9N.C2H7N/c1-5-13(23)18-8-14(24)19-9-15(25)21-12(7-11(3)4)17(27)20-10-16(26)22-28-6-2;1-11-7-9-13(10-8-11)12-5-3-2-4-6-12;1-3-4-2;1-2-3-4;1-2-3/h11-12H,5-10H2,1-4H3,(H,18,23)(H,19,24)(H,20,27)(H,21,25)(H,22,26);2-10H,1H3;3-4H2,1-2H3;2-4H2,1H3;2-3H2,1H3. The minimum Gasteiger partial charge on any atom is -0.347 e. The Morgan fingerprint density at radius 2 is 1.13 bits per heavy atom. The summed E-state index contributed by atoms with van der Waals surface area (Å²) >= 11 is 1.23. The fourth-order valence-corrected chi connectivity index (χ4v) is 3.73. The molecule has 0 saturated carbocycles. The first-order valence-electron chi connectivity index (χ1n) is 18.3. The lowest BCUT2D eigenvalue weighted by molar-refractivity contribution is -0.131. The van der Waals surface area contributed by atoms with Crippen molar-refractivity contribution >= 4 is 41.5 Å². The van der Waals surface area contributed by atoms with E-state index in [1.165, 1.54) is 41.5 Å². The maximum absolute atomic E-state index is 12.3. The summed E-state index contributed by atoms with van der Waals surface area (Å²) in [5, 5.41) is 9.81. The van der Waals surface area contributed by atoms with Crippen molar-refractivity contribution < 1.29 is 24.0 Å². The lowest BCUT2D eigenvalue weighted by atomic mass is 10.0. The summed E-state index contributed by atoms with van der Waals surface area (Å²) in [5.74, 6) is -1.29. The van der Waals surface area contributed by atoms with E-state index < -0.39 is 23.8 Å². The third-order valence-corrected chi connectivity index (χ3v) is 6.93. The molecule has 0 heterocycles. The first kappa shape index (κ1) is 52.4. The van der Waals surface area contributed by atoms with Crippen LogP contribution in [0.4, 0.5) is 0 Å². The molecule has 1 atom stereocenters. The number of unbranched alkanes of at least 4 members (excludes halogenated alkanes) is 1. The molecule has 0 aliphatic heterocycles. The molecular formula is C39H69N7O5S. The Morgan fingerprint density at radius 1 is 0.654 bits per heavy atom. The van der Waals surface area contributed by atoms with Gasteiger partial charge in [-0.15, -0.1) is 0 Å². The van der Waals surface area contributed by atoms with Crippen LogP contribution in [0, 0.1) is 12.8 Å². The molecule has 0 bridgehead atoms. The number of carbonyl (C=O) groups is 5. The van der Waals surface area contributed by atoms with Crippen molar-refractivity contribution in [2.45, 2.75) is 100 Å². The van der Waals surface area contributed by atoms with Crippen molar-refractivity contribution in [3.63, 3.8) is 0 Å². The van der Waals surface area contributed by atoms with E-state index in [2.05, 4.69) is 102 Å². The van der Waals surface area contributed by atoms with Crippen LogP contribution in [-0.4, -0.2) is 74.1 Å². The highest BCUT2D eigenvalue weighted by molar-refractivity contribution is 7.97. The fourth-order valence-electron chi connectivity index (χ4n) is 3.35. The molecule has 52 heavy (non-hydrogen) atoms. The number of amides is 5. The van der Waals surface area contributed by atoms with E-state index in [0.29, 0.717) is 12.2 Å². The summed E-state index contributed by atoms with van der Waals surface area (Å²) < 4.78 is 2.56. The van der Waals surface area contributed by atoms with Gasteiger partial charge >= 0.3 is 0 Å². The zero-order valence-electron chi connectivity index (χ0n) is 33.2. The van der Waals surface area contributed by atoms with Gasteiger partial charge in [0.25, 0.3) is 0 Å². The molecule has 1 unspecified atom stereocenters. The summed E-state index contributed by atoms with van der Waals surface area (Å²) in [6.45, 7) is 18.6. The summed E-state index contributed by atoms with van der Waals surface area (Å²) in [6.07, 6.45) is 4.37. The van der Waals surface area contributed by atoms with Crippen LogP contribution in [0.3, 0.4) is 0 Å². The molecule has 0 fully saturated rings. The van der Waals surface area contributed by atoms with E-state index in [1.54, 1.807) is 6.92 Å². The summed E-state index contributed by atoms with van der Waals surface area (Å²) in [5.41, 5.74) is 13.7. The van der Waals surface area contributed by atoms with Gasteiger partial charge in [-0.3, -0.25) is 28.7 Å². The van der Waals surface area contributed by atoms with Crippen molar-refractivity contribution in [2.75, 3.05) is 38.5 Å². The van der Waals surface area contributed by atoms with E-state index in [9.17, 15) is 24.0 Å². The van der Waals surface area contributed by atoms with Crippen molar-refractivity contribution in [1.29, 1.82) is 0 Å². The zero-order valence-corrected chi connectivity index (χ0v) is 34.0. The van der Waals surface area contributed by atoms with Gasteiger partial charge in [0.15, 0.2) is 0 Å². The molecule has 2 aromatic carbocycles. The Labute approximate surface area is 318 Å². The summed E-state index contributed by atoms with van der Waals surface area (Å²) in [6, 6.07) is 18.2. The third kappa shape index (κ3) is 33.2. The molecule has 9 N–H and O–H groups in total. The van der Waals surface area contributed by atoms with Gasteiger partial charge in [0.05, 0.1) is 19.6 Å². The molecule has 0 radical (unpaired) electrons. The number of hydrogen-bond acceptors (Lipinski definition) is 8. The predicted molar refractivity (Wildman–Crippen MR) is 218 cm³/mol. The average Bonchev–Trinajstić information content (AvgIpc) is 3.15. The van der Waals surface area contributed by atoms with Gasteiger partial charge in [-0.1, -0.05) is 140 Å². The van der Waals surface area contributed by atoms with Gasteiger partial charge in [-0.05, 0) is 49.9 Å². The van der Waals surface area contributed by atoms with E-state index in [4.69, 9.17) is 11.5 Å². The lowest BCUT2D eigenvalue weighted by Gasteiger charge is -2.20. The van der Waals surface area contributed by atoms with Gasteiger partial charge in [-0.25, -0.2) is 0 Å². The Bertz CT molecular complexity index is 1190. The molecule has 5 amide bonds. The first-order chi connectivity index (χ1) is 24.8. The van der Waals surface area contributed by atoms with Gasteiger partial charge in [-0.2, -0.15) is 0 Å². The molecule has 0 spiro atoms. The fraction of sp³-hybridized carbons (Fsp3) is 0.564. The molecule has 0 aliphatic rings.